The normalized spacial score (nSPS) is 29.6. The Bertz CT molecular complexity index is 452. The van der Waals surface area contributed by atoms with Gasteiger partial charge in [0.1, 0.15) is 0 Å². The minimum atomic E-state index is -1.05. The number of carbonyl (C=O) groups is 1. The topological polar surface area (TPSA) is 46.5 Å². The first-order valence-corrected chi connectivity index (χ1v) is 6.99. The fraction of sp³-hybridized carbons (Fsp3) is 0.588. The molecule has 1 saturated carbocycles. The maximum atomic E-state index is 11.5. The lowest BCUT2D eigenvalue weighted by molar-refractivity contribution is -0.137. The van der Waals surface area contributed by atoms with Gasteiger partial charge < -0.3 is 9.84 Å². The van der Waals surface area contributed by atoms with Crippen molar-refractivity contribution in [3.8, 4) is 24.7 Å². The molecule has 0 aliphatic heterocycles. The number of rotatable bonds is 5. The van der Waals surface area contributed by atoms with Gasteiger partial charge in [0.25, 0.3) is 0 Å². The van der Waals surface area contributed by atoms with Crippen molar-refractivity contribution in [3.63, 3.8) is 0 Å². The van der Waals surface area contributed by atoms with E-state index >= 15 is 0 Å². The molecule has 0 bridgehead atoms. The molecule has 0 heterocycles. The second kappa shape index (κ2) is 7.17. The quantitative estimate of drug-likeness (QED) is 0.476. The predicted octanol–water partition coefficient (Wildman–Crippen LogP) is 2.44. The molecule has 1 fully saturated rings. The minimum Gasteiger partial charge on any atom is -0.463 e. The van der Waals surface area contributed by atoms with E-state index < -0.39 is 17.0 Å². The smallest absolute Gasteiger partial charge is 0.330 e. The largest absolute Gasteiger partial charge is 0.463 e. The van der Waals surface area contributed by atoms with Crippen LogP contribution in [0, 0.1) is 30.1 Å². The number of esters is 1. The van der Waals surface area contributed by atoms with Crippen LogP contribution in [-0.4, -0.2) is 23.3 Å². The van der Waals surface area contributed by atoms with E-state index in [4.69, 9.17) is 17.6 Å². The van der Waals surface area contributed by atoms with Gasteiger partial charge in [-0.2, -0.15) is 0 Å². The molecule has 0 radical (unpaired) electrons. The second-order valence-corrected chi connectivity index (χ2v) is 5.24. The molecule has 1 N–H and O–H groups in total. The van der Waals surface area contributed by atoms with E-state index in [1.807, 2.05) is 0 Å². The number of hydrogen-bond donors (Lipinski definition) is 1. The standard InChI is InChI=1S/C17H22O3/c1-4-10-16(14-9-15(18)20-6-3)12-7-8-13-17(16,19)11-5-2/h1-2,9,14,19H,6-8,10-13H2,3H3/b14-9+. The molecular weight excluding hydrogens is 252 g/mol. The zero-order valence-corrected chi connectivity index (χ0v) is 12.0. The Morgan fingerprint density at radius 2 is 1.95 bits per heavy atom. The van der Waals surface area contributed by atoms with Crippen LogP contribution in [0.3, 0.4) is 0 Å². The number of aliphatic hydroxyl groups is 1. The highest BCUT2D eigenvalue weighted by molar-refractivity contribution is 5.82. The molecule has 0 aromatic rings. The molecule has 108 valence electrons. The summed E-state index contributed by atoms with van der Waals surface area (Å²) < 4.78 is 4.88. The fourth-order valence-electron chi connectivity index (χ4n) is 2.92. The maximum Gasteiger partial charge on any atom is 0.330 e. The fourth-order valence-corrected chi connectivity index (χ4v) is 2.92. The lowest BCUT2D eigenvalue weighted by atomic mass is 9.60. The molecule has 0 saturated heterocycles. The Labute approximate surface area is 121 Å². The lowest BCUT2D eigenvalue weighted by Crippen LogP contribution is -2.49. The van der Waals surface area contributed by atoms with Gasteiger partial charge in [-0.3, -0.25) is 0 Å². The van der Waals surface area contributed by atoms with Gasteiger partial charge in [0.2, 0.25) is 0 Å². The first kappa shape index (κ1) is 16.3. The molecule has 1 aliphatic carbocycles. The first-order valence-electron chi connectivity index (χ1n) is 6.99. The molecule has 1 aliphatic rings. The van der Waals surface area contributed by atoms with Crippen molar-refractivity contribution in [2.45, 2.75) is 51.0 Å². The zero-order valence-electron chi connectivity index (χ0n) is 12.0. The second-order valence-electron chi connectivity index (χ2n) is 5.24. The van der Waals surface area contributed by atoms with Crippen LogP contribution in [0.1, 0.15) is 45.4 Å². The van der Waals surface area contributed by atoms with Crippen molar-refractivity contribution in [2.24, 2.45) is 5.41 Å². The maximum absolute atomic E-state index is 11.5. The molecular formula is C17H22O3. The summed E-state index contributed by atoms with van der Waals surface area (Å²) in [5.41, 5.74) is -1.69. The van der Waals surface area contributed by atoms with Gasteiger partial charge in [0.15, 0.2) is 0 Å². The molecule has 20 heavy (non-hydrogen) atoms. The first-order chi connectivity index (χ1) is 9.53. The van der Waals surface area contributed by atoms with E-state index in [0.29, 0.717) is 19.4 Å². The Kier molecular flexibility index (Phi) is 5.86. The third kappa shape index (κ3) is 3.44. The van der Waals surface area contributed by atoms with Crippen LogP contribution in [0.25, 0.3) is 0 Å². The summed E-state index contributed by atoms with van der Waals surface area (Å²) in [5.74, 6) is 4.73. The highest BCUT2D eigenvalue weighted by Gasteiger charge is 2.49. The van der Waals surface area contributed by atoms with E-state index in [1.165, 1.54) is 6.08 Å². The zero-order chi connectivity index (χ0) is 15.1. The van der Waals surface area contributed by atoms with Crippen LogP contribution < -0.4 is 0 Å². The summed E-state index contributed by atoms with van der Waals surface area (Å²) in [6, 6.07) is 0. The summed E-state index contributed by atoms with van der Waals surface area (Å²) in [4.78, 5) is 11.5. The van der Waals surface area contributed by atoms with Crippen molar-refractivity contribution in [3.05, 3.63) is 12.2 Å². The van der Waals surface area contributed by atoms with Crippen molar-refractivity contribution < 1.29 is 14.6 Å². The third-order valence-electron chi connectivity index (χ3n) is 4.03. The van der Waals surface area contributed by atoms with Crippen LogP contribution >= 0.6 is 0 Å². The number of terminal acetylenes is 2. The van der Waals surface area contributed by atoms with E-state index in [1.54, 1.807) is 13.0 Å². The Hall–Kier alpha value is -1.71. The summed E-state index contributed by atoms with van der Waals surface area (Å²) in [6.07, 6.45) is 17.7. The number of ether oxygens (including phenoxy) is 1. The molecule has 0 aromatic heterocycles. The van der Waals surface area contributed by atoms with Gasteiger partial charge in [0, 0.05) is 24.3 Å². The van der Waals surface area contributed by atoms with Crippen molar-refractivity contribution in [2.75, 3.05) is 6.61 Å². The van der Waals surface area contributed by atoms with E-state index in [0.717, 1.165) is 19.3 Å². The predicted molar refractivity (Wildman–Crippen MR) is 78.5 cm³/mol. The van der Waals surface area contributed by atoms with Crippen molar-refractivity contribution >= 4 is 5.97 Å². The van der Waals surface area contributed by atoms with Gasteiger partial charge in [-0.25, -0.2) is 4.79 Å². The highest BCUT2D eigenvalue weighted by atomic mass is 16.5. The number of hydrogen-bond acceptors (Lipinski definition) is 3. The third-order valence-corrected chi connectivity index (χ3v) is 4.03. The average molecular weight is 274 g/mol. The Balaban J connectivity index is 3.07. The van der Waals surface area contributed by atoms with Gasteiger partial charge >= 0.3 is 5.97 Å². The molecule has 2 atom stereocenters. The van der Waals surface area contributed by atoms with Gasteiger partial charge in [0.05, 0.1) is 12.2 Å². The summed E-state index contributed by atoms with van der Waals surface area (Å²) in [5, 5.41) is 10.9. The van der Waals surface area contributed by atoms with Gasteiger partial charge in [-0.05, 0) is 19.8 Å². The van der Waals surface area contributed by atoms with E-state index in [-0.39, 0.29) is 6.42 Å². The average Bonchev–Trinajstić information content (AvgIpc) is 2.41. The van der Waals surface area contributed by atoms with Gasteiger partial charge in [-0.1, -0.05) is 18.9 Å². The van der Waals surface area contributed by atoms with E-state index in [2.05, 4.69) is 11.8 Å². The highest BCUT2D eigenvalue weighted by Crippen LogP contribution is 2.49. The molecule has 3 heteroatoms. The van der Waals surface area contributed by atoms with Crippen LogP contribution in [0.15, 0.2) is 12.2 Å². The summed E-state index contributed by atoms with van der Waals surface area (Å²) >= 11 is 0. The SMILES string of the molecule is C#CCC1(O)CCCCC1(/C=C/C(=O)OCC)CC#C. The molecule has 3 nitrogen and oxygen atoms in total. The molecule has 0 aromatic carbocycles. The molecule has 0 amide bonds. The van der Waals surface area contributed by atoms with Crippen LogP contribution in [-0.2, 0) is 9.53 Å². The van der Waals surface area contributed by atoms with Crippen LogP contribution in [0.4, 0.5) is 0 Å². The summed E-state index contributed by atoms with van der Waals surface area (Å²) in [6.45, 7) is 2.07. The van der Waals surface area contributed by atoms with E-state index in [9.17, 15) is 9.90 Å². The molecule has 0 spiro atoms. The monoisotopic (exact) mass is 274 g/mol. The van der Waals surface area contributed by atoms with Crippen LogP contribution in [0.2, 0.25) is 0 Å². The number of carbonyl (C=O) groups excluding carboxylic acids is 1. The van der Waals surface area contributed by atoms with Gasteiger partial charge in [-0.15, -0.1) is 24.7 Å². The molecule has 1 rings (SSSR count). The Morgan fingerprint density at radius 3 is 2.55 bits per heavy atom. The lowest BCUT2D eigenvalue weighted by Gasteiger charge is -2.47. The Morgan fingerprint density at radius 1 is 1.30 bits per heavy atom. The van der Waals surface area contributed by atoms with Crippen molar-refractivity contribution in [1.29, 1.82) is 0 Å². The summed E-state index contributed by atoms with van der Waals surface area (Å²) in [7, 11) is 0. The van der Waals surface area contributed by atoms with Crippen molar-refractivity contribution in [1.82, 2.24) is 0 Å². The minimum absolute atomic E-state index is 0.238. The molecule has 2 unspecified atom stereocenters. The van der Waals surface area contributed by atoms with Crippen LogP contribution in [0.5, 0.6) is 0 Å².